The number of carbonyl (C=O) groups excluding carboxylic acids is 1. The summed E-state index contributed by atoms with van der Waals surface area (Å²) in [4.78, 5) is 28.4. The van der Waals surface area contributed by atoms with Crippen molar-refractivity contribution in [3.63, 3.8) is 0 Å². The van der Waals surface area contributed by atoms with Crippen molar-refractivity contribution in [3.8, 4) is 0 Å². The highest BCUT2D eigenvalue weighted by Gasteiger charge is 2.25. The van der Waals surface area contributed by atoms with E-state index in [0.29, 0.717) is 23.1 Å². The van der Waals surface area contributed by atoms with Gasteiger partial charge in [0.25, 0.3) is 11.6 Å². The maximum absolute atomic E-state index is 13.2. The number of hydrogen-bond acceptors (Lipinski definition) is 7. The molecule has 172 valence electrons. The molecule has 0 aliphatic rings. The van der Waals surface area contributed by atoms with E-state index in [-0.39, 0.29) is 23.1 Å². The third-order valence-electron chi connectivity index (χ3n) is 4.81. The average molecular weight is 497 g/mol. The second-order valence-electron chi connectivity index (χ2n) is 7.22. The molecule has 1 heterocycles. The first kappa shape index (κ1) is 23.2. The molecule has 1 aromatic heterocycles. The maximum atomic E-state index is 13.2. The van der Waals surface area contributed by atoms with Crippen LogP contribution in [0.2, 0.25) is 10.0 Å². The molecule has 2 N–H and O–H groups in total. The topological polar surface area (TPSA) is 115 Å². The molecule has 0 saturated carbocycles. The van der Waals surface area contributed by atoms with Crippen LogP contribution < -0.4 is 10.6 Å². The number of nitrogens with zero attached hydrogens (tertiary/aromatic N) is 4. The summed E-state index contributed by atoms with van der Waals surface area (Å²) in [7, 11) is 0. The molecule has 0 saturated heterocycles. The summed E-state index contributed by atoms with van der Waals surface area (Å²) in [5.74, 6) is -0.401. The lowest BCUT2D eigenvalue weighted by molar-refractivity contribution is -0.385. The van der Waals surface area contributed by atoms with E-state index in [4.69, 9.17) is 23.2 Å². The van der Waals surface area contributed by atoms with Crippen LogP contribution in [-0.4, -0.2) is 25.6 Å². The second-order valence-corrected chi connectivity index (χ2v) is 8.09. The Labute approximate surface area is 204 Å². The Morgan fingerprint density at radius 2 is 1.53 bits per heavy atom. The van der Waals surface area contributed by atoms with Crippen LogP contribution in [0.3, 0.4) is 0 Å². The van der Waals surface area contributed by atoms with Crippen molar-refractivity contribution in [1.29, 1.82) is 0 Å². The third-order valence-corrected chi connectivity index (χ3v) is 5.28. The van der Waals surface area contributed by atoms with Gasteiger partial charge in [-0.2, -0.15) is 9.67 Å². The number of benzene rings is 3. The number of nitro benzene ring substituents is 1. The van der Waals surface area contributed by atoms with Crippen molar-refractivity contribution in [3.05, 3.63) is 110 Å². The van der Waals surface area contributed by atoms with Crippen LogP contribution in [0, 0.1) is 10.1 Å². The molecule has 34 heavy (non-hydrogen) atoms. The van der Waals surface area contributed by atoms with E-state index in [9.17, 15) is 14.9 Å². The summed E-state index contributed by atoms with van der Waals surface area (Å²) in [6.45, 7) is 0.662. The molecule has 0 unspecified atom stereocenters. The summed E-state index contributed by atoms with van der Waals surface area (Å²) < 4.78 is 1.01. The molecule has 0 spiro atoms. The minimum Gasteiger partial charge on any atom is -0.350 e. The molecule has 4 aromatic rings. The Morgan fingerprint density at radius 1 is 0.912 bits per heavy atom. The molecule has 3 aromatic carbocycles. The molecule has 0 atom stereocenters. The highest BCUT2D eigenvalue weighted by molar-refractivity contribution is 6.30. The van der Waals surface area contributed by atoms with Crippen LogP contribution >= 0.6 is 23.2 Å². The van der Waals surface area contributed by atoms with Crippen molar-refractivity contribution in [2.75, 3.05) is 10.6 Å². The number of para-hydroxylation sites is 1. The fraction of sp³-hybridized carbons (Fsp3) is 0.0870. The van der Waals surface area contributed by atoms with E-state index >= 15 is 0 Å². The van der Waals surface area contributed by atoms with Gasteiger partial charge in [-0.3, -0.25) is 14.9 Å². The lowest BCUT2D eigenvalue weighted by Gasteiger charge is -2.08. The van der Waals surface area contributed by atoms with Gasteiger partial charge in [-0.25, -0.2) is 0 Å². The predicted octanol–water partition coefficient (Wildman–Crippen LogP) is 5.41. The van der Waals surface area contributed by atoms with Gasteiger partial charge >= 0.3 is 0 Å². The first-order valence-corrected chi connectivity index (χ1v) is 10.9. The Bertz CT molecular complexity index is 1360. The van der Waals surface area contributed by atoms with Crippen molar-refractivity contribution in [2.24, 2.45) is 0 Å². The number of hydrogen-bond donors (Lipinski definition) is 2. The highest BCUT2D eigenvalue weighted by Crippen LogP contribution is 2.22. The molecule has 0 fully saturated rings. The smallest absolute Gasteiger partial charge is 0.288 e. The zero-order chi connectivity index (χ0) is 24.1. The fourth-order valence-electron chi connectivity index (χ4n) is 3.23. The lowest BCUT2D eigenvalue weighted by Crippen LogP contribution is -2.18. The maximum Gasteiger partial charge on any atom is 0.288 e. The zero-order valence-corrected chi connectivity index (χ0v) is 19.1. The van der Waals surface area contributed by atoms with Gasteiger partial charge in [-0.1, -0.05) is 59.6 Å². The normalized spacial score (nSPS) is 10.6. The Kier molecular flexibility index (Phi) is 7.05. The van der Waals surface area contributed by atoms with Gasteiger partial charge in [0, 0.05) is 29.2 Å². The van der Waals surface area contributed by atoms with Crippen molar-refractivity contribution in [2.45, 2.75) is 13.1 Å². The molecule has 4 rings (SSSR count). The van der Waals surface area contributed by atoms with Crippen molar-refractivity contribution < 1.29 is 9.72 Å². The van der Waals surface area contributed by atoms with E-state index in [1.54, 1.807) is 36.4 Å². The van der Waals surface area contributed by atoms with Gasteiger partial charge in [0.1, 0.15) is 5.56 Å². The van der Waals surface area contributed by atoms with Crippen LogP contribution in [0.25, 0.3) is 0 Å². The zero-order valence-electron chi connectivity index (χ0n) is 17.6. The first-order valence-electron chi connectivity index (χ1n) is 10.1. The third kappa shape index (κ3) is 5.51. The van der Waals surface area contributed by atoms with Crippen molar-refractivity contribution >= 4 is 46.7 Å². The summed E-state index contributed by atoms with van der Waals surface area (Å²) in [5, 5.41) is 23.0. The number of carbonyl (C=O) groups is 1. The minimum absolute atomic E-state index is 0.107. The second kappa shape index (κ2) is 10.3. The molecular weight excluding hydrogens is 479 g/mol. The number of nitro groups is 1. The standard InChI is InChI=1S/C23H18Cl2N6O3/c24-17-7-3-5-15(11-17)13-26-22-28-23(27-14-16-6-4-8-18(25)12-16)30(29-22)21(32)19-9-1-2-10-20(19)31(33)34/h1-12H,13-14H2,(H2,26,27,28,29). The van der Waals surface area contributed by atoms with E-state index in [0.717, 1.165) is 15.8 Å². The fourth-order valence-corrected chi connectivity index (χ4v) is 3.65. The largest absolute Gasteiger partial charge is 0.350 e. The Balaban J connectivity index is 1.63. The predicted molar refractivity (Wildman–Crippen MR) is 130 cm³/mol. The Hall–Kier alpha value is -3.95. The first-order chi connectivity index (χ1) is 16.4. The van der Waals surface area contributed by atoms with Gasteiger partial charge in [-0.15, -0.1) is 5.10 Å². The van der Waals surface area contributed by atoms with Crippen LogP contribution in [0.4, 0.5) is 17.6 Å². The van der Waals surface area contributed by atoms with Crippen LogP contribution in [0.15, 0.2) is 72.8 Å². The molecule has 0 amide bonds. The average Bonchev–Trinajstić information content (AvgIpc) is 3.24. The van der Waals surface area contributed by atoms with E-state index in [2.05, 4.69) is 20.7 Å². The molecule has 0 aliphatic carbocycles. The van der Waals surface area contributed by atoms with Gasteiger partial charge in [-0.05, 0) is 41.5 Å². The lowest BCUT2D eigenvalue weighted by atomic mass is 10.1. The van der Waals surface area contributed by atoms with Crippen molar-refractivity contribution in [1.82, 2.24) is 14.8 Å². The summed E-state index contributed by atoms with van der Waals surface area (Å²) in [6, 6.07) is 20.1. The SMILES string of the molecule is O=C(c1ccccc1[N+](=O)[O-])n1nc(NCc2cccc(Cl)c2)nc1NCc1cccc(Cl)c1. The number of nitrogens with one attached hydrogen (secondary N) is 2. The van der Waals surface area contributed by atoms with Gasteiger partial charge < -0.3 is 10.6 Å². The van der Waals surface area contributed by atoms with Gasteiger partial charge in [0.15, 0.2) is 0 Å². The van der Waals surface area contributed by atoms with Crippen LogP contribution in [0.1, 0.15) is 21.5 Å². The number of rotatable bonds is 8. The molecule has 0 aliphatic heterocycles. The van der Waals surface area contributed by atoms with Crippen LogP contribution in [-0.2, 0) is 13.1 Å². The minimum atomic E-state index is -0.691. The molecule has 9 nitrogen and oxygen atoms in total. The number of aromatic nitrogens is 3. The molecular formula is C23H18Cl2N6O3. The summed E-state index contributed by atoms with van der Waals surface area (Å²) >= 11 is 12.1. The highest BCUT2D eigenvalue weighted by atomic mass is 35.5. The number of anilines is 2. The van der Waals surface area contributed by atoms with Gasteiger partial charge in [0.05, 0.1) is 4.92 Å². The summed E-state index contributed by atoms with van der Waals surface area (Å²) in [5.41, 5.74) is 1.32. The van der Waals surface area contributed by atoms with Crippen LogP contribution in [0.5, 0.6) is 0 Å². The van der Waals surface area contributed by atoms with E-state index < -0.39 is 10.8 Å². The molecule has 11 heteroatoms. The van der Waals surface area contributed by atoms with E-state index in [1.807, 2.05) is 18.2 Å². The number of halogens is 2. The molecule has 0 bridgehead atoms. The monoisotopic (exact) mass is 496 g/mol. The quantitative estimate of drug-likeness (QED) is 0.247. The van der Waals surface area contributed by atoms with Gasteiger partial charge in [0.2, 0.25) is 11.9 Å². The van der Waals surface area contributed by atoms with E-state index in [1.165, 1.54) is 18.2 Å². The Morgan fingerprint density at radius 3 is 2.15 bits per heavy atom. The summed E-state index contributed by atoms with van der Waals surface area (Å²) in [6.07, 6.45) is 0. The molecule has 0 radical (unpaired) electrons.